The van der Waals surface area contributed by atoms with Gasteiger partial charge in [-0.2, -0.15) is 0 Å². The van der Waals surface area contributed by atoms with Gasteiger partial charge >= 0.3 is 6.03 Å². The molecule has 1 saturated carbocycles. The Morgan fingerprint density at radius 1 is 1.31 bits per heavy atom. The lowest BCUT2D eigenvalue weighted by molar-refractivity contribution is -0.118. The lowest BCUT2D eigenvalue weighted by atomic mass is 9.96. The van der Waals surface area contributed by atoms with Crippen LogP contribution in [0, 0.1) is 0 Å². The van der Waals surface area contributed by atoms with E-state index < -0.39 is 5.91 Å². The number of amides is 3. The van der Waals surface area contributed by atoms with E-state index in [9.17, 15) is 9.59 Å². The number of primary amides is 1. The molecule has 0 aromatic rings. The molecule has 0 aromatic heterocycles. The molecule has 16 heavy (non-hydrogen) atoms. The first-order chi connectivity index (χ1) is 7.58. The van der Waals surface area contributed by atoms with Crippen LogP contribution in [0.25, 0.3) is 0 Å². The van der Waals surface area contributed by atoms with E-state index in [1.54, 1.807) is 6.92 Å². The molecule has 3 amide bonds. The highest BCUT2D eigenvalue weighted by Crippen LogP contribution is 2.17. The maximum Gasteiger partial charge on any atom is 0.315 e. The zero-order chi connectivity index (χ0) is 12.0. The highest BCUT2D eigenvalue weighted by molar-refractivity contribution is 5.77. The first kappa shape index (κ1) is 12.8. The summed E-state index contributed by atoms with van der Waals surface area (Å²) in [5.74, 6) is -0.398. The van der Waals surface area contributed by atoms with Crippen LogP contribution in [-0.2, 0) is 4.79 Å². The minimum atomic E-state index is -0.398. The maximum absolute atomic E-state index is 11.5. The third-order valence-electron chi connectivity index (χ3n) is 2.83. The number of rotatable bonds is 4. The Morgan fingerprint density at radius 2 is 1.94 bits per heavy atom. The lowest BCUT2D eigenvalue weighted by Crippen LogP contribution is -2.46. The van der Waals surface area contributed by atoms with E-state index in [4.69, 9.17) is 5.73 Å². The third kappa shape index (κ3) is 5.00. The van der Waals surface area contributed by atoms with Gasteiger partial charge < -0.3 is 16.4 Å². The van der Waals surface area contributed by atoms with Crippen LogP contribution in [-0.4, -0.2) is 24.0 Å². The second kappa shape index (κ2) is 6.35. The minimum Gasteiger partial charge on any atom is -0.370 e. The van der Waals surface area contributed by atoms with Crippen molar-refractivity contribution >= 4 is 11.9 Å². The van der Waals surface area contributed by atoms with Crippen molar-refractivity contribution in [1.82, 2.24) is 10.6 Å². The number of carbonyl (C=O) groups is 2. The minimum absolute atomic E-state index is 0.179. The van der Waals surface area contributed by atoms with Gasteiger partial charge in [0.2, 0.25) is 5.91 Å². The Morgan fingerprint density at radius 3 is 2.50 bits per heavy atom. The summed E-state index contributed by atoms with van der Waals surface area (Å²) in [7, 11) is 0. The van der Waals surface area contributed by atoms with Crippen molar-refractivity contribution in [3.8, 4) is 0 Å². The number of carbonyl (C=O) groups excluding carboxylic acids is 2. The van der Waals surface area contributed by atoms with Gasteiger partial charge in [-0.1, -0.05) is 19.3 Å². The summed E-state index contributed by atoms with van der Waals surface area (Å²) in [5.41, 5.74) is 5.04. The summed E-state index contributed by atoms with van der Waals surface area (Å²) >= 11 is 0. The average Bonchev–Trinajstić information content (AvgIpc) is 2.17. The number of hydrogen-bond acceptors (Lipinski definition) is 2. The molecule has 0 aromatic carbocycles. The summed E-state index contributed by atoms with van der Waals surface area (Å²) in [4.78, 5) is 22.2. The molecule has 0 aliphatic heterocycles. The molecule has 1 unspecified atom stereocenters. The van der Waals surface area contributed by atoms with Gasteiger partial charge in [-0.3, -0.25) is 4.79 Å². The number of urea groups is 1. The Labute approximate surface area is 96.1 Å². The molecule has 1 aliphatic rings. The topological polar surface area (TPSA) is 84.2 Å². The quantitative estimate of drug-likeness (QED) is 0.666. The molecule has 0 heterocycles. The Balaban J connectivity index is 2.21. The van der Waals surface area contributed by atoms with Gasteiger partial charge in [0.15, 0.2) is 0 Å². The van der Waals surface area contributed by atoms with Gasteiger partial charge in [-0.25, -0.2) is 4.79 Å². The van der Waals surface area contributed by atoms with Gasteiger partial charge in [0.25, 0.3) is 0 Å². The van der Waals surface area contributed by atoms with Crippen molar-refractivity contribution in [3.05, 3.63) is 0 Å². The second-order valence-corrected chi connectivity index (χ2v) is 4.52. The Hall–Kier alpha value is -1.26. The molecular formula is C11H21N3O2. The van der Waals surface area contributed by atoms with Crippen LogP contribution < -0.4 is 16.4 Å². The molecule has 0 bridgehead atoms. The first-order valence-corrected chi connectivity index (χ1v) is 5.93. The van der Waals surface area contributed by atoms with Crippen molar-refractivity contribution < 1.29 is 9.59 Å². The molecule has 0 spiro atoms. The van der Waals surface area contributed by atoms with Crippen molar-refractivity contribution in [1.29, 1.82) is 0 Å². The number of hydrogen-bond donors (Lipinski definition) is 3. The predicted octanol–water partition coefficient (Wildman–Crippen LogP) is 0.882. The highest BCUT2D eigenvalue weighted by atomic mass is 16.2. The lowest BCUT2D eigenvalue weighted by Gasteiger charge is -2.23. The fraction of sp³-hybridized carbons (Fsp3) is 0.818. The molecule has 1 aliphatic carbocycles. The summed E-state index contributed by atoms with van der Waals surface area (Å²) in [5, 5.41) is 5.63. The van der Waals surface area contributed by atoms with E-state index in [0.717, 1.165) is 12.8 Å². The normalized spacial score (nSPS) is 18.8. The van der Waals surface area contributed by atoms with E-state index in [-0.39, 0.29) is 24.5 Å². The van der Waals surface area contributed by atoms with Crippen LogP contribution in [0.15, 0.2) is 0 Å². The largest absolute Gasteiger partial charge is 0.370 e. The molecular weight excluding hydrogens is 206 g/mol. The van der Waals surface area contributed by atoms with Gasteiger partial charge in [0.1, 0.15) is 0 Å². The van der Waals surface area contributed by atoms with Crippen LogP contribution in [0.5, 0.6) is 0 Å². The van der Waals surface area contributed by atoms with E-state index in [1.807, 2.05) is 0 Å². The highest BCUT2D eigenvalue weighted by Gasteiger charge is 2.16. The molecule has 0 saturated heterocycles. The molecule has 5 heteroatoms. The van der Waals surface area contributed by atoms with Gasteiger partial charge in [-0.15, -0.1) is 0 Å². The van der Waals surface area contributed by atoms with Crippen LogP contribution in [0.2, 0.25) is 0 Å². The molecule has 0 radical (unpaired) electrons. The van der Waals surface area contributed by atoms with Gasteiger partial charge in [-0.05, 0) is 19.8 Å². The molecule has 1 fully saturated rings. The fourth-order valence-corrected chi connectivity index (χ4v) is 2.05. The van der Waals surface area contributed by atoms with E-state index in [0.29, 0.717) is 0 Å². The summed E-state index contributed by atoms with van der Waals surface area (Å²) in [6.07, 6.45) is 5.91. The van der Waals surface area contributed by atoms with Crippen LogP contribution in [0.4, 0.5) is 4.79 Å². The van der Waals surface area contributed by atoms with Crippen molar-refractivity contribution in [3.63, 3.8) is 0 Å². The first-order valence-electron chi connectivity index (χ1n) is 5.93. The van der Waals surface area contributed by atoms with Crippen LogP contribution >= 0.6 is 0 Å². The van der Waals surface area contributed by atoms with Gasteiger partial charge in [0, 0.05) is 18.5 Å². The third-order valence-corrected chi connectivity index (χ3v) is 2.83. The molecule has 1 atom stereocenters. The van der Waals surface area contributed by atoms with Crippen LogP contribution in [0.3, 0.4) is 0 Å². The summed E-state index contributed by atoms with van der Waals surface area (Å²) < 4.78 is 0. The zero-order valence-electron chi connectivity index (χ0n) is 9.79. The summed E-state index contributed by atoms with van der Waals surface area (Å²) in [6.45, 7) is 1.77. The van der Waals surface area contributed by atoms with E-state index in [2.05, 4.69) is 10.6 Å². The van der Waals surface area contributed by atoms with Crippen LogP contribution in [0.1, 0.15) is 45.4 Å². The number of nitrogens with one attached hydrogen (secondary N) is 2. The zero-order valence-corrected chi connectivity index (χ0v) is 9.79. The van der Waals surface area contributed by atoms with E-state index in [1.165, 1.54) is 19.3 Å². The molecule has 5 nitrogen and oxygen atoms in total. The maximum atomic E-state index is 11.5. The standard InChI is InChI=1S/C11H21N3O2/c1-8(7-10(12)15)13-11(16)14-9-5-3-2-4-6-9/h8-9H,2-7H2,1H3,(H2,12,15)(H2,13,14,16). The fourth-order valence-electron chi connectivity index (χ4n) is 2.05. The predicted molar refractivity (Wildman–Crippen MR) is 61.8 cm³/mol. The van der Waals surface area contributed by atoms with E-state index >= 15 is 0 Å². The monoisotopic (exact) mass is 227 g/mol. The second-order valence-electron chi connectivity index (χ2n) is 4.52. The Kier molecular flexibility index (Phi) is 5.08. The summed E-state index contributed by atoms with van der Waals surface area (Å²) in [6, 6.07) is -0.115. The van der Waals surface area contributed by atoms with Gasteiger partial charge in [0.05, 0.1) is 0 Å². The van der Waals surface area contributed by atoms with Crippen molar-refractivity contribution in [2.75, 3.05) is 0 Å². The van der Waals surface area contributed by atoms with Crippen molar-refractivity contribution in [2.45, 2.75) is 57.5 Å². The average molecular weight is 227 g/mol. The number of nitrogens with two attached hydrogens (primary N) is 1. The SMILES string of the molecule is CC(CC(N)=O)NC(=O)NC1CCCCC1. The molecule has 1 rings (SSSR count). The smallest absolute Gasteiger partial charge is 0.315 e. The molecule has 92 valence electrons. The van der Waals surface area contributed by atoms with Crippen molar-refractivity contribution in [2.24, 2.45) is 5.73 Å². The Bertz CT molecular complexity index is 250. The molecule has 4 N–H and O–H groups in total.